The van der Waals surface area contributed by atoms with Gasteiger partial charge in [-0.25, -0.2) is 9.79 Å². The number of guanidine groups is 1. The largest absolute Gasteiger partial charge is 0.488 e. The van der Waals surface area contributed by atoms with Gasteiger partial charge >= 0.3 is 6.09 Å². The van der Waals surface area contributed by atoms with Crippen LogP contribution in [-0.4, -0.2) is 48.3 Å². The molecule has 0 aromatic heterocycles. The van der Waals surface area contributed by atoms with E-state index in [9.17, 15) is 4.79 Å². The molecule has 1 heterocycles. The number of hydrogen-bond donors (Lipinski definition) is 2. The Morgan fingerprint density at radius 1 is 1.32 bits per heavy atom. The van der Waals surface area contributed by atoms with E-state index < -0.39 is 0 Å². The van der Waals surface area contributed by atoms with E-state index in [0.29, 0.717) is 32.2 Å². The fourth-order valence-electron chi connectivity index (χ4n) is 3.06. The van der Waals surface area contributed by atoms with Crippen LogP contribution in [0.5, 0.6) is 5.75 Å². The van der Waals surface area contributed by atoms with Crippen LogP contribution in [0.2, 0.25) is 0 Å². The van der Waals surface area contributed by atoms with Crippen LogP contribution < -0.4 is 15.8 Å². The van der Waals surface area contributed by atoms with Crippen LogP contribution in [0.15, 0.2) is 23.2 Å². The van der Waals surface area contributed by atoms with E-state index in [2.05, 4.69) is 16.4 Å². The zero-order chi connectivity index (χ0) is 20.7. The lowest BCUT2D eigenvalue weighted by molar-refractivity contribution is 0.0963. The number of aryl methyl sites for hydroxylation is 1. The summed E-state index contributed by atoms with van der Waals surface area (Å²) in [7, 11) is 0. The summed E-state index contributed by atoms with van der Waals surface area (Å²) in [4.78, 5) is 18.0. The lowest BCUT2D eigenvalue weighted by Gasteiger charge is -2.31. The molecule has 0 radical (unpaired) electrons. The highest BCUT2D eigenvalue weighted by atomic mass is 16.6. The Morgan fingerprint density at radius 2 is 2.00 bits per heavy atom. The van der Waals surface area contributed by atoms with Crippen molar-refractivity contribution in [1.29, 1.82) is 0 Å². The number of carbonyl (C=O) groups is 1. The maximum atomic E-state index is 11.8. The number of carbonyl (C=O) groups excluding carboxylic acids is 1. The van der Waals surface area contributed by atoms with E-state index in [1.807, 2.05) is 46.8 Å². The Kier molecular flexibility index (Phi) is 7.54. The zero-order valence-corrected chi connectivity index (χ0v) is 17.7. The molecule has 0 spiro atoms. The molecule has 0 aliphatic carbocycles. The predicted octanol–water partition coefficient (Wildman–Crippen LogP) is 3.20. The molecule has 28 heavy (non-hydrogen) atoms. The minimum atomic E-state index is -0.275. The number of nitrogens with zero attached hydrogens (tertiary/aromatic N) is 2. The van der Waals surface area contributed by atoms with Crippen molar-refractivity contribution in [3.63, 3.8) is 0 Å². The first kappa shape index (κ1) is 21.9. The van der Waals surface area contributed by atoms with Crippen molar-refractivity contribution in [3.05, 3.63) is 29.3 Å². The average molecular weight is 391 g/mol. The molecule has 156 valence electrons. The van der Waals surface area contributed by atoms with E-state index in [1.165, 1.54) is 0 Å². The van der Waals surface area contributed by atoms with Gasteiger partial charge in [0.15, 0.2) is 5.96 Å². The molecule has 1 aliphatic heterocycles. The number of likely N-dealkylation sites (tertiary alicyclic amines) is 1. The highest BCUT2D eigenvalue weighted by Gasteiger charge is 2.23. The Hall–Kier alpha value is -2.44. The van der Waals surface area contributed by atoms with Crippen molar-refractivity contribution < 1.29 is 14.3 Å². The van der Waals surface area contributed by atoms with Gasteiger partial charge in [0, 0.05) is 24.7 Å². The molecule has 0 bridgehead atoms. The van der Waals surface area contributed by atoms with Crippen LogP contribution in [0.25, 0.3) is 0 Å². The number of rotatable bonds is 5. The summed E-state index contributed by atoms with van der Waals surface area (Å²) in [5.41, 5.74) is 7.97. The van der Waals surface area contributed by atoms with E-state index in [0.717, 1.165) is 29.7 Å². The third-order valence-corrected chi connectivity index (χ3v) is 4.43. The van der Waals surface area contributed by atoms with Crippen molar-refractivity contribution >= 4 is 12.1 Å². The quantitative estimate of drug-likeness (QED) is 0.595. The predicted molar refractivity (Wildman–Crippen MR) is 112 cm³/mol. The van der Waals surface area contributed by atoms with Gasteiger partial charge in [-0.15, -0.1) is 0 Å². The summed E-state index contributed by atoms with van der Waals surface area (Å²) in [5, 5.41) is 3.27. The molecule has 0 unspecified atom stereocenters. The highest BCUT2D eigenvalue weighted by molar-refractivity contribution is 5.78. The van der Waals surface area contributed by atoms with Crippen LogP contribution in [-0.2, 0) is 11.3 Å². The molecule has 3 N–H and O–H groups in total. The molecular weight excluding hydrogens is 356 g/mol. The van der Waals surface area contributed by atoms with Gasteiger partial charge in [0.25, 0.3) is 0 Å². The van der Waals surface area contributed by atoms with Gasteiger partial charge in [-0.3, -0.25) is 0 Å². The molecule has 0 saturated carbocycles. The van der Waals surface area contributed by atoms with Crippen molar-refractivity contribution in [2.45, 2.75) is 65.6 Å². The smallest absolute Gasteiger partial charge is 0.409 e. The number of aliphatic imine (C=N–C) groups is 1. The summed E-state index contributed by atoms with van der Waals surface area (Å²) in [6.07, 6.45) is 1.39. The Morgan fingerprint density at radius 3 is 2.61 bits per heavy atom. The molecular formula is C21H34N4O3. The van der Waals surface area contributed by atoms with E-state index in [4.69, 9.17) is 15.2 Å². The van der Waals surface area contributed by atoms with Crippen LogP contribution in [0.4, 0.5) is 4.79 Å². The molecule has 1 saturated heterocycles. The van der Waals surface area contributed by atoms with Gasteiger partial charge in [-0.2, -0.15) is 0 Å². The van der Waals surface area contributed by atoms with Gasteiger partial charge in [-0.1, -0.05) is 12.1 Å². The molecule has 1 amide bonds. The molecule has 2 rings (SSSR count). The molecule has 1 aromatic rings. The number of nitrogens with two attached hydrogens (primary N) is 1. The summed E-state index contributed by atoms with van der Waals surface area (Å²) in [6, 6.07) is 6.32. The second kappa shape index (κ2) is 9.66. The third kappa shape index (κ3) is 6.94. The highest BCUT2D eigenvalue weighted by Crippen LogP contribution is 2.25. The maximum absolute atomic E-state index is 11.8. The van der Waals surface area contributed by atoms with E-state index in [-0.39, 0.29) is 17.7 Å². The zero-order valence-electron chi connectivity index (χ0n) is 17.7. The van der Waals surface area contributed by atoms with Gasteiger partial charge in [0.1, 0.15) is 11.4 Å². The number of piperidine rings is 1. The van der Waals surface area contributed by atoms with Crippen LogP contribution in [0.1, 0.15) is 51.7 Å². The first-order valence-corrected chi connectivity index (χ1v) is 9.94. The van der Waals surface area contributed by atoms with Crippen molar-refractivity contribution in [2.75, 3.05) is 19.7 Å². The van der Waals surface area contributed by atoms with Crippen LogP contribution >= 0.6 is 0 Å². The van der Waals surface area contributed by atoms with Crippen molar-refractivity contribution in [2.24, 2.45) is 10.7 Å². The van der Waals surface area contributed by atoms with E-state index >= 15 is 0 Å². The van der Waals surface area contributed by atoms with Gasteiger partial charge < -0.3 is 25.4 Å². The number of benzene rings is 1. The molecule has 1 fully saturated rings. The fraction of sp³-hybridized carbons (Fsp3) is 0.619. The average Bonchev–Trinajstić information content (AvgIpc) is 2.60. The third-order valence-electron chi connectivity index (χ3n) is 4.43. The SMILES string of the molecule is CCOC(=O)N1CCC(NC(N)=NCc2ccc(C)cc2OC(C)(C)C)CC1. The normalized spacial score (nSPS) is 16.0. The fourth-order valence-corrected chi connectivity index (χ4v) is 3.06. The first-order chi connectivity index (χ1) is 13.2. The topological polar surface area (TPSA) is 89.2 Å². The maximum Gasteiger partial charge on any atom is 0.409 e. The Bertz CT molecular complexity index is 689. The molecule has 0 atom stereocenters. The summed E-state index contributed by atoms with van der Waals surface area (Å²) in [5.74, 6) is 1.25. The molecule has 1 aromatic carbocycles. The van der Waals surface area contributed by atoms with Crippen molar-refractivity contribution in [1.82, 2.24) is 10.2 Å². The lowest BCUT2D eigenvalue weighted by Crippen LogP contribution is -2.48. The second-order valence-corrected chi connectivity index (χ2v) is 8.13. The minimum Gasteiger partial charge on any atom is -0.488 e. The second-order valence-electron chi connectivity index (χ2n) is 8.13. The van der Waals surface area contributed by atoms with Gasteiger partial charge in [0.2, 0.25) is 0 Å². The summed E-state index contributed by atoms with van der Waals surface area (Å²) < 4.78 is 11.1. The van der Waals surface area contributed by atoms with Crippen LogP contribution in [0.3, 0.4) is 0 Å². The summed E-state index contributed by atoms with van der Waals surface area (Å²) >= 11 is 0. The lowest BCUT2D eigenvalue weighted by atomic mass is 10.1. The number of hydrogen-bond acceptors (Lipinski definition) is 4. The molecule has 1 aliphatic rings. The monoisotopic (exact) mass is 390 g/mol. The van der Waals surface area contributed by atoms with Gasteiger partial charge in [-0.05, 0) is 59.1 Å². The summed E-state index contributed by atoms with van der Waals surface area (Å²) in [6.45, 7) is 12.1. The van der Waals surface area contributed by atoms with Crippen molar-refractivity contribution in [3.8, 4) is 5.75 Å². The van der Waals surface area contributed by atoms with Crippen LogP contribution in [0, 0.1) is 6.92 Å². The number of amides is 1. The molecule has 7 nitrogen and oxygen atoms in total. The van der Waals surface area contributed by atoms with E-state index in [1.54, 1.807) is 4.90 Å². The van der Waals surface area contributed by atoms with Gasteiger partial charge in [0.05, 0.1) is 13.2 Å². The number of ether oxygens (including phenoxy) is 2. The molecule has 7 heteroatoms. The Balaban J connectivity index is 1.91. The standard InChI is InChI=1S/C21H34N4O3/c1-6-27-20(26)25-11-9-17(10-12-25)24-19(22)23-14-16-8-7-15(2)13-18(16)28-21(3,4)5/h7-8,13,17H,6,9-12,14H2,1-5H3,(H3,22,23,24). The number of nitrogens with one attached hydrogen (secondary N) is 1. The minimum absolute atomic E-state index is 0.206. The Labute approximate surface area is 168 Å². The first-order valence-electron chi connectivity index (χ1n) is 9.94.